The van der Waals surface area contributed by atoms with Gasteiger partial charge in [-0.25, -0.2) is 4.39 Å². The number of rotatable bonds is 2. The predicted octanol–water partition coefficient (Wildman–Crippen LogP) is 2.34. The monoisotopic (exact) mass is 122 g/mol. The van der Waals surface area contributed by atoms with E-state index in [0.29, 0.717) is 12.2 Å². The van der Waals surface area contributed by atoms with Crippen LogP contribution in [0.25, 0.3) is 0 Å². The molecular formula is C5H8ClF. The van der Waals surface area contributed by atoms with Gasteiger partial charge in [0.25, 0.3) is 0 Å². The molecule has 42 valence electrons. The minimum Gasteiger partial charge on any atom is -0.216 e. The van der Waals surface area contributed by atoms with Crippen LogP contribution in [-0.4, -0.2) is 5.88 Å². The molecule has 0 aliphatic carbocycles. The first-order chi connectivity index (χ1) is 3.31. The third-order valence-corrected chi connectivity index (χ3v) is 1.13. The predicted molar refractivity (Wildman–Crippen MR) is 30.1 cm³/mol. The first-order valence-electron chi connectivity index (χ1n) is 2.14. The third kappa shape index (κ3) is 3.80. The number of hydrogen-bond acceptors (Lipinski definition) is 0. The minimum absolute atomic E-state index is 0.159. The zero-order valence-electron chi connectivity index (χ0n) is 4.20. The quantitative estimate of drug-likeness (QED) is 0.494. The highest BCUT2D eigenvalue weighted by atomic mass is 35.5. The Morgan fingerprint density at radius 3 is 2.57 bits per heavy atom. The average molecular weight is 123 g/mol. The van der Waals surface area contributed by atoms with Gasteiger partial charge in [-0.2, -0.15) is 0 Å². The van der Waals surface area contributed by atoms with Crippen LogP contribution in [0.5, 0.6) is 0 Å². The van der Waals surface area contributed by atoms with Gasteiger partial charge in [0.2, 0.25) is 0 Å². The number of alkyl halides is 1. The smallest absolute Gasteiger partial charge is 0.0830 e. The molecule has 0 nitrogen and oxygen atoms in total. The van der Waals surface area contributed by atoms with Gasteiger partial charge in [-0.3, -0.25) is 0 Å². The summed E-state index contributed by atoms with van der Waals surface area (Å²) in [6, 6.07) is 0. The Bertz CT molecular complexity index is 61.1. The van der Waals surface area contributed by atoms with E-state index in [-0.39, 0.29) is 5.92 Å². The first kappa shape index (κ1) is 6.96. The van der Waals surface area contributed by atoms with Crippen molar-refractivity contribution < 1.29 is 4.39 Å². The molecule has 0 saturated heterocycles. The standard InChI is InChI=1S/C5H8ClF/c1-5(4-6)2-3-7/h2-3,5H,4H2,1H3. The minimum atomic E-state index is 0.159. The molecular weight excluding hydrogens is 115 g/mol. The fraction of sp³-hybridized carbons (Fsp3) is 0.600. The lowest BCUT2D eigenvalue weighted by Crippen LogP contribution is -1.87. The second kappa shape index (κ2) is 4.13. The molecule has 0 N–H and O–H groups in total. The highest BCUT2D eigenvalue weighted by Gasteiger charge is 1.89. The van der Waals surface area contributed by atoms with Gasteiger partial charge in [0.1, 0.15) is 0 Å². The van der Waals surface area contributed by atoms with Crippen molar-refractivity contribution in [1.82, 2.24) is 0 Å². The zero-order chi connectivity index (χ0) is 5.70. The summed E-state index contributed by atoms with van der Waals surface area (Å²) in [4.78, 5) is 0. The number of hydrogen-bond donors (Lipinski definition) is 0. The summed E-state index contributed by atoms with van der Waals surface area (Å²) < 4.78 is 11.2. The van der Waals surface area contributed by atoms with Crippen molar-refractivity contribution in [1.29, 1.82) is 0 Å². The van der Waals surface area contributed by atoms with Crippen LogP contribution in [0.2, 0.25) is 0 Å². The van der Waals surface area contributed by atoms with Crippen molar-refractivity contribution >= 4 is 11.6 Å². The average Bonchev–Trinajstić information content (AvgIpc) is 1.68. The lowest BCUT2D eigenvalue weighted by Gasteiger charge is -1.92. The van der Waals surface area contributed by atoms with Crippen molar-refractivity contribution in [3.8, 4) is 0 Å². The van der Waals surface area contributed by atoms with E-state index in [4.69, 9.17) is 11.6 Å². The summed E-state index contributed by atoms with van der Waals surface area (Å²) in [6.45, 7) is 1.85. The maximum Gasteiger partial charge on any atom is 0.0830 e. The second-order valence-corrected chi connectivity index (χ2v) is 1.76. The molecule has 0 aromatic carbocycles. The van der Waals surface area contributed by atoms with Gasteiger partial charge in [-0.1, -0.05) is 13.0 Å². The Kier molecular flexibility index (Phi) is 4.10. The highest BCUT2D eigenvalue weighted by molar-refractivity contribution is 6.18. The Balaban J connectivity index is 3.16. The molecule has 1 unspecified atom stereocenters. The molecule has 1 atom stereocenters. The normalized spacial score (nSPS) is 15.3. The van der Waals surface area contributed by atoms with E-state index in [1.54, 1.807) is 0 Å². The Labute approximate surface area is 48.0 Å². The molecule has 0 aromatic heterocycles. The van der Waals surface area contributed by atoms with E-state index < -0.39 is 0 Å². The van der Waals surface area contributed by atoms with Crippen LogP contribution in [0.15, 0.2) is 12.4 Å². The SMILES string of the molecule is CC(C=CF)CCl. The molecule has 7 heavy (non-hydrogen) atoms. The molecule has 0 rings (SSSR count). The maximum absolute atomic E-state index is 11.2. The molecule has 0 saturated carbocycles. The first-order valence-corrected chi connectivity index (χ1v) is 2.67. The van der Waals surface area contributed by atoms with Crippen LogP contribution in [0, 0.1) is 5.92 Å². The van der Waals surface area contributed by atoms with Gasteiger partial charge in [-0.05, 0) is 5.92 Å². The molecule has 0 aliphatic heterocycles. The van der Waals surface area contributed by atoms with Gasteiger partial charge in [0.15, 0.2) is 0 Å². The lowest BCUT2D eigenvalue weighted by atomic mass is 10.2. The molecule has 0 fully saturated rings. The van der Waals surface area contributed by atoms with Crippen molar-refractivity contribution in [2.75, 3.05) is 5.88 Å². The second-order valence-electron chi connectivity index (χ2n) is 1.45. The molecule has 0 radical (unpaired) electrons. The summed E-state index contributed by atoms with van der Waals surface area (Å²) in [5, 5.41) is 0. The van der Waals surface area contributed by atoms with Gasteiger partial charge in [0.05, 0.1) is 6.33 Å². The Morgan fingerprint density at radius 2 is 2.43 bits per heavy atom. The van der Waals surface area contributed by atoms with Crippen molar-refractivity contribution in [3.63, 3.8) is 0 Å². The maximum atomic E-state index is 11.2. The fourth-order valence-electron chi connectivity index (χ4n) is 0.176. The van der Waals surface area contributed by atoms with E-state index in [9.17, 15) is 4.39 Å². The Morgan fingerprint density at radius 1 is 1.86 bits per heavy atom. The summed E-state index contributed by atoms with van der Waals surface area (Å²) in [7, 11) is 0. The molecule has 0 heterocycles. The lowest BCUT2D eigenvalue weighted by molar-refractivity contribution is 0.696. The van der Waals surface area contributed by atoms with Crippen molar-refractivity contribution in [2.45, 2.75) is 6.92 Å². The third-order valence-electron chi connectivity index (χ3n) is 0.645. The van der Waals surface area contributed by atoms with E-state index in [2.05, 4.69) is 0 Å². The fourth-order valence-corrected chi connectivity index (χ4v) is 0.278. The molecule has 0 bridgehead atoms. The molecule has 0 amide bonds. The number of halogens is 2. The van der Waals surface area contributed by atoms with E-state index in [0.717, 1.165) is 0 Å². The summed E-state index contributed by atoms with van der Waals surface area (Å²) in [5.74, 6) is 0.645. The molecule has 0 aromatic rings. The zero-order valence-corrected chi connectivity index (χ0v) is 4.95. The van der Waals surface area contributed by atoms with Gasteiger partial charge >= 0.3 is 0 Å². The largest absolute Gasteiger partial charge is 0.216 e. The van der Waals surface area contributed by atoms with Crippen LogP contribution in [0.1, 0.15) is 6.92 Å². The molecule has 0 spiro atoms. The van der Waals surface area contributed by atoms with Gasteiger partial charge in [0, 0.05) is 5.88 Å². The van der Waals surface area contributed by atoms with Crippen LogP contribution < -0.4 is 0 Å². The van der Waals surface area contributed by atoms with Gasteiger partial charge in [-0.15, -0.1) is 11.6 Å². The molecule has 2 heteroatoms. The number of allylic oxidation sites excluding steroid dienone is 1. The van der Waals surface area contributed by atoms with Crippen LogP contribution in [-0.2, 0) is 0 Å². The van der Waals surface area contributed by atoms with Crippen molar-refractivity contribution in [3.05, 3.63) is 12.4 Å². The van der Waals surface area contributed by atoms with E-state index in [1.165, 1.54) is 6.08 Å². The van der Waals surface area contributed by atoms with Crippen LogP contribution >= 0.6 is 11.6 Å². The van der Waals surface area contributed by atoms with E-state index in [1.807, 2.05) is 6.92 Å². The summed E-state index contributed by atoms with van der Waals surface area (Å²) in [6.07, 6.45) is 1.94. The molecule has 0 aliphatic rings. The van der Waals surface area contributed by atoms with E-state index >= 15 is 0 Å². The summed E-state index contributed by atoms with van der Waals surface area (Å²) >= 11 is 5.31. The topological polar surface area (TPSA) is 0 Å². The Hall–Kier alpha value is -0.0400. The van der Waals surface area contributed by atoms with Gasteiger partial charge < -0.3 is 0 Å². The van der Waals surface area contributed by atoms with Crippen LogP contribution in [0.3, 0.4) is 0 Å². The van der Waals surface area contributed by atoms with Crippen molar-refractivity contribution in [2.24, 2.45) is 5.92 Å². The van der Waals surface area contributed by atoms with Crippen LogP contribution in [0.4, 0.5) is 4.39 Å². The summed E-state index contributed by atoms with van der Waals surface area (Å²) in [5.41, 5.74) is 0. The highest BCUT2D eigenvalue weighted by Crippen LogP contribution is 1.98.